The maximum Gasteiger partial charge on any atom is 0.237 e. The van der Waals surface area contributed by atoms with Crippen LogP contribution in [0.5, 0.6) is 5.75 Å². The van der Waals surface area contributed by atoms with E-state index in [1.54, 1.807) is 30.1 Å². The molecule has 1 aliphatic heterocycles. The summed E-state index contributed by atoms with van der Waals surface area (Å²) in [6, 6.07) is 12.5. The molecule has 0 aliphatic carbocycles. The highest BCUT2D eigenvalue weighted by molar-refractivity contribution is 6.31. The fourth-order valence-electron chi connectivity index (χ4n) is 3.26. The highest BCUT2D eigenvalue weighted by atomic mass is 35.5. The normalized spacial score (nSPS) is 19.3. The number of para-hydroxylation sites is 1. The molecule has 0 fully saturated rings. The van der Waals surface area contributed by atoms with Crippen LogP contribution in [0.3, 0.4) is 0 Å². The Morgan fingerprint density at radius 1 is 1.25 bits per heavy atom. The molecule has 1 aliphatic rings. The number of fused-ring (bicyclic) bond motifs is 1. The summed E-state index contributed by atoms with van der Waals surface area (Å²) in [5, 5.41) is 0.429. The molecule has 1 heterocycles. The van der Waals surface area contributed by atoms with Crippen LogP contribution in [0.25, 0.3) is 0 Å². The van der Waals surface area contributed by atoms with Gasteiger partial charge in [0.25, 0.3) is 0 Å². The van der Waals surface area contributed by atoms with E-state index in [0.29, 0.717) is 16.3 Å². The first kappa shape index (κ1) is 16.5. The standard InChI is InChI=1S/C19H18ClNO3/c1-19(15-6-4-5-7-16(15)21(2)18(19)23)11-17(22)12-8-13(20)10-14(9-12)24-3/h4-10H,11H2,1-3H3. The Morgan fingerprint density at radius 3 is 2.67 bits per heavy atom. The maximum atomic E-state index is 12.8. The van der Waals surface area contributed by atoms with Crippen molar-refractivity contribution in [3.05, 3.63) is 58.6 Å². The SMILES string of the molecule is COc1cc(Cl)cc(C(=O)CC2(C)C(=O)N(C)c3ccccc32)c1. The Bertz CT molecular complexity index is 833. The van der Waals surface area contributed by atoms with Crippen molar-refractivity contribution in [1.29, 1.82) is 0 Å². The molecule has 1 amide bonds. The minimum atomic E-state index is -0.877. The van der Waals surface area contributed by atoms with E-state index in [1.165, 1.54) is 7.11 Å². The average Bonchev–Trinajstić information content (AvgIpc) is 2.76. The maximum absolute atomic E-state index is 12.8. The molecule has 0 N–H and O–H groups in total. The molecule has 2 aromatic carbocycles. The number of ketones is 1. The van der Waals surface area contributed by atoms with Crippen LogP contribution >= 0.6 is 11.6 Å². The Labute approximate surface area is 146 Å². The molecule has 0 saturated carbocycles. The van der Waals surface area contributed by atoms with Gasteiger partial charge in [-0.15, -0.1) is 0 Å². The van der Waals surface area contributed by atoms with Crippen LogP contribution < -0.4 is 9.64 Å². The summed E-state index contributed by atoms with van der Waals surface area (Å²) in [6.07, 6.45) is 0.0800. The number of nitrogens with zero attached hydrogens (tertiary/aromatic N) is 1. The van der Waals surface area contributed by atoms with E-state index in [0.717, 1.165) is 11.3 Å². The second kappa shape index (κ2) is 5.95. The predicted molar refractivity (Wildman–Crippen MR) is 94.2 cm³/mol. The smallest absolute Gasteiger partial charge is 0.237 e. The lowest BCUT2D eigenvalue weighted by atomic mass is 9.78. The second-order valence-corrected chi connectivity index (χ2v) is 6.63. The number of carbonyl (C=O) groups is 2. The zero-order chi connectivity index (χ0) is 17.5. The lowest BCUT2D eigenvalue weighted by Crippen LogP contribution is -2.37. The van der Waals surface area contributed by atoms with Crippen molar-refractivity contribution in [3.8, 4) is 5.75 Å². The van der Waals surface area contributed by atoms with Gasteiger partial charge in [-0.2, -0.15) is 0 Å². The van der Waals surface area contributed by atoms with Crippen LogP contribution in [0.4, 0.5) is 5.69 Å². The number of ether oxygens (including phenoxy) is 1. The summed E-state index contributed by atoms with van der Waals surface area (Å²) < 4.78 is 5.16. The number of halogens is 1. The molecule has 0 spiro atoms. The number of methoxy groups -OCH3 is 1. The predicted octanol–water partition coefficient (Wildman–Crippen LogP) is 3.86. The lowest BCUT2D eigenvalue weighted by molar-refractivity contribution is -0.122. The zero-order valence-electron chi connectivity index (χ0n) is 13.8. The van der Waals surface area contributed by atoms with Gasteiger partial charge in [0.1, 0.15) is 5.75 Å². The molecule has 0 aromatic heterocycles. The van der Waals surface area contributed by atoms with Gasteiger partial charge in [-0.1, -0.05) is 29.8 Å². The molecule has 0 bridgehead atoms. The van der Waals surface area contributed by atoms with Crippen molar-refractivity contribution in [2.45, 2.75) is 18.8 Å². The van der Waals surface area contributed by atoms with Gasteiger partial charge >= 0.3 is 0 Å². The number of hydrogen-bond donors (Lipinski definition) is 0. The van der Waals surface area contributed by atoms with Crippen molar-refractivity contribution in [1.82, 2.24) is 0 Å². The third kappa shape index (κ3) is 2.57. The summed E-state index contributed by atoms with van der Waals surface area (Å²) in [5.74, 6) is 0.300. The quantitative estimate of drug-likeness (QED) is 0.792. The minimum Gasteiger partial charge on any atom is -0.497 e. The fourth-order valence-corrected chi connectivity index (χ4v) is 3.49. The van der Waals surface area contributed by atoms with Crippen molar-refractivity contribution in [2.24, 2.45) is 0 Å². The van der Waals surface area contributed by atoms with Crippen LogP contribution in [0, 0.1) is 0 Å². The molecule has 1 atom stereocenters. The van der Waals surface area contributed by atoms with E-state index in [-0.39, 0.29) is 18.1 Å². The highest BCUT2D eigenvalue weighted by Gasteiger charge is 2.47. The molecule has 124 valence electrons. The molecule has 0 saturated heterocycles. The Morgan fingerprint density at radius 2 is 1.96 bits per heavy atom. The molecule has 1 unspecified atom stereocenters. The van der Waals surface area contributed by atoms with Gasteiger partial charge < -0.3 is 9.64 Å². The van der Waals surface area contributed by atoms with Gasteiger partial charge in [-0.05, 0) is 36.8 Å². The second-order valence-electron chi connectivity index (χ2n) is 6.19. The largest absolute Gasteiger partial charge is 0.497 e. The molecule has 3 rings (SSSR count). The molecular weight excluding hydrogens is 326 g/mol. The fraction of sp³-hybridized carbons (Fsp3) is 0.263. The number of Topliss-reactive ketones (excluding diaryl/α,β-unsaturated/α-hetero) is 1. The molecule has 24 heavy (non-hydrogen) atoms. The van der Waals surface area contributed by atoms with E-state index in [9.17, 15) is 9.59 Å². The Kier molecular flexibility index (Phi) is 4.10. The van der Waals surface area contributed by atoms with E-state index >= 15 is 0 Å². The van der Waals surface area contributed by atoms with Gasteiger partial charge in [0.15, 0.2) is 5.78 Å². The molecule has 4 nitrogen and oxygen atoms in total. The summed E-state index contributed by atoms with van der Waals surface area (Å²) in [5.41, 5.74) is 1.29. The number of likely N-dealkylation sites (N-methyl/N-ethyl adjacent to an activating group) is 1. The van der Waals surface area contributed by atoms with Gasteiger partial charge in [0.2, 0.25) is 5.91 Å². The van der Waals surface area contributed by atoms with Gasteiger partial charge in [-0.25, -0.2) is 0 Å². The first-order chi connectivity index (χ1) is 11.4. The Balaban J connectivity index is 1.97. The van der Waals surface area contributed by atoms with E-state index < -0.39 is 5.41 Å². The zero-order valence-corrected chi connectivity index (χ0v) is 14.6. The van der Waals surface area contributed by atoms with Crippen LogP contribution in [0.1, 0.15) is 29.3 Å². The summed E-state index contributed by atoms with van der Waals surface area (Å²) >= 11 is 6.05. The third-order valence-corrected chi connectivity index (χ3v) is 4.80. The minimum absolute atomic E-state index is 0.0777. The Hall–Kier alpha value is -2.33. The van der Waals surface area contributed by atoms with E-state index in [1.807, 2.05) is 31.2 Å². The van der Waals surface area contributed by atoms with Crippen molar-refractivity contribution in [3.63, 3.8) is 0 Å². The van der Waals surface area contributed by atoms with E-state index in [2.05, 4.69) is 0 Å². The number of rotatable bonds is 4. The summed E-state index contributed by atoms with van der Waals surface area (Å²) in [6.45, 7) is 1.82. The third-order valence-electron chi connectivity index (χ3n) is 4.58. The highest BCUT2D eigenvalue weighted by Crippen LogP contribution is 2.43. The van der Waals surface area contributed by atoms with Crippen LogP contribution in [-0.4, -0.2) is 25.8 Å². The van der Waals surface area contributed by atoms with Crippen LogP contribution in [-0.2, 0) is 10.2 Å². The van der Waals surface area contributed by atoms with Crippen LogP contribution in [0.2, 0.25) is 5.02 Å². The summed E-state index contributed by atoms with van der Waals surface area (Å²) in [7, 11) is 3.26. The number of hydrogen-bond acceptors (Lipinski definition) is 3. The summed E-state index contributed by atoms with van der Waals surface area (Å²) in [4.78, 5) is 27.2. The first-order valence-electron chi connectivity index (χ1n) is 7.62. The number of amides is 1. The number of anilines is 1. The van der Waals surface area contributed by atoms with Gasteiger partial charge in [0, 0.05) is 29.7 Å². The molecule has 0 radical (unpaired) electrons. The van der Waals surface area contributed by atoms with Crippen molar-refractivity contribution < 1.29 is 14.3 Å². The molecule has 2 aromatic rings. The average molecular weight is 344 g/mol. The number of benzene rings is 2. The first-order valence-corrected chi connectivity index (χ1v) is 8.00. The number of carbonyl (C=O) groups excluding carboxylic acids is 2. The monoisotopic (exact) mass is 343 g/mol. The van der Waals surface area contributed by atoms with Crippen LogP contribution in [0.15, 0.2) is 42.5 Å². The van der Waals surface area contributed by atoms with Crippen molar-refractivity contribution >= 4 is 29.0 Å². The van der Waals surface area contributed by atoms with Gasteiger partial charge in [0.05, 0.1) is 12.5 Å². The van der Waals surface area contributed by atoms with Crippen molar-refractivity contribution in [2.75, 3.05) is 19.1 Å². The topological polar surface area (TPSA) is 46.6 Å². The van der Waals surface area contributed by atoms with E-state index in [4.69, 9.17) is 16.3 Å². The van der Waals surface area contributed by atoms with Gasteiger partial charge in [-0.3, -0.25) is 9.59 Å². The molecule has 5 heteroatoms. The molecular formula is C19H18ClNO3. The lowest BCUT2D eigenvalue weighted by Gasteiger charge is -2.22.